The Labute approximate surface area is 336 Å². The number of hydrogen-bond donors (Lipinski definition) is 2. The molecule has 0 heterocycles. The summed E-state index contributed by atoms with van der Waals surface area (Å²) in [7, 11) is 3.29. The normalized spacial score (nSPS) is 11.2. The van der Waals surface area contributed by atoms with Gasteiger partial charge in [0.2, 0.25) is 0 Å². The highest BCUT2D eigenvalue weighted by atomic mass is 16.5. The largest absolute Gasteiger partial charge is 0.497 e. The highest BCUT2D eigenvalue weighted by molar-refractivity contribution is 5.97. The van der Waals surface area contributed by atoms with E-state index < -0.39 is 11.9 Å². The van der Waals surface area contributed by atoms with Gasteiger partial charge in [0.05, 0.1) is 14.2 Å². The molecule has 10 nitrogen and oxygen atoms in total. The topological polar surface area (TPSA) is 147 Å². The first-order valence-corrected chi connectivity index (χ1v) is 18.0. The second-order valence-corrected chi connectivity index (χ2v) is 13.2. The van der Waals surface area contributed by atoms with Crippen molar-refractivity contribution < 1.29 is 29.3 Å². The van der Waals surface area contributed by atoms with Gasteiger partial charge in [0.1, 0.15) is 34.8 Å². The van der Waals surface area contributed by atoms with Gasteiger partial charge in [-0.2, -0.15) is 10.5 Å². The molecule has 2 N–H and O–H groups in total. The monoisotopic (exact) mass is 766 g/mol. The third-order valence-electron chi connectivity index (χ3n) is 9.50. The van der Waals surface area contributed by atoms with Crippen molar-refractivity contribution in [3.8, 4) is 34.8 Å². The van der Waals surface area contributed by atoms with Crippen LogP contribution < -0.4 is 19.3 Å². The van der Waals surface area contributed by atoms with Gasteiger partial charge in [-0.1, -0.05) is 36.4 Å². The Balaban J connectivity index is 1.39. The van der Waals surface area contributed by atoms with Crippen LogP contribution in [0.2, 0.25) is 0 Å². The number of nitrogens with zero attached hydrogens (tertiary/aromatic N) is 4. The zero-order valence-electron chi connectivity index (χ0n) is 32.2. The van der Waals surface area contributed by atoms with Gasteiger partial charge >= 0.3 is 11.9 Å². The summed E-state index contributed by atoms with van der Waals surface area (Å²) >= 11 is 0. The van der Waals surface area contributed by atoms with Crippen LogP contribution in [0.5, 0.6) is 11.5 Å². The molecule has 6 aromatic rings. The molecule has 0 aliphatic rings. The molecule has 0 unspecified atom stereocenters. The number of rotatable bonds is 13. The van der Waals surface area contributed by atoms with Crippen LogP contribution in [0.25, 0.3) is 23.3 Å². The van der Waals surface area contributed by atoms with E-state index in [0.717, 1.165) is 67.9 Å². The van der Waals surface area contributed by atoms with Gasteiger partial charge in [-0.15, -0.1) is 0 Å². The Hall–Kier alpha value is -8.08. The number of anilines is 6. The van der Waals surface area contributed by atoms with E-state index in [0.29, 0.717) is 11.1 Å². The maximum atomic E-state index is 11.5. The van der Waals surface area contributed by atoms with Crippen molar-refractivity contribution in [1.29, 1.82) is 10.5 Å². The highest BCUT2D eigenvalue weighted by Gasteiger charge is 2.19. The maximum Gasteiger partial charge on any atom is 0.346 e. The summed E-state index contributed by atoms with van der Waals surface area (Å²) in [6.07, 6.45) is 2.63. The molecule has 58 heavy (non-hydrogen) atoms. The van der Waals surface area contributed by atoms with Crippen LogP contribution in [0, 0.1) is 36.5 Å². The molecule has 0 radical (unpaired) electrons. The average Bonchev–Trinajstić information content (AvgIpc) is 3.24. The van der Waals surface area contributed by atoms with Crippen molar-refractivity contribution in [2.75, 3.05) is 24.0 Å². The van der Waals surface area contributed by atoms with Gasteiger partial charge in [-0.05, 0) is 156 Å². The third-order valence-corrected chi connectivity index (χ3v) is 9.50. The summed E-state index contributed by atoms with van der Waals surface area (Å²) in [5.74, 6) is -1.09. The summed E-state index contributed by atoms with van der Waals surface area (Å²) in [5, 5.41) is 37.2. The molecular weight excluding hydrogens is 729 g/mol. The molecule has 0 saturated carbocycles. The first kappa shape index (κ1) is 39.6. The van der Waals surface area contributed by atoms with E-state index in [1.165, 1.54) is 12.2 Å². The lowest BCUT2D eigenvalue weighted by atomic mass is 9.96. The van der Waals surface area contributed by atoms with Crippen molar-refractivity contribution in [2.45, 2.75) is 13.8 Å². The van der Waals surface area contributed by atoms with Crippen LogP contribution in [0.1, 0.15) is 22.3 Å². The van der Waals surface area contributed by atoms with Crippen molar-refractivity contribution in [1.82, 2.24) is 0 Å². The van der Waals surface area contributed by atoms with Crippen molar-refractivity contribution >= 4 is 58.2 Å². The van der Waals surface area contributed by atoms with Crippen LogP contribution in [-0.2, 0) is 9.59 Å². The summed E-state index contributed by atoms with van der Waals surface area (Å²) in [6, 6.07) is 46.2. The standard InChI is InChI=1S/C48H38N4O6/c1-31-26-42(51(38-14-19-43(57-3)20-15-38)39-16-21-44(58-4)22-17-39)18-23-45(31)35-9-24-46(32(2)25-35)52(40-10-5-33(6-11-40)27-36(29-49)47(53)54)41-12-7-34(8-13-41)28-37(30-50)48(55)56/h5-28H,1-4H3,(H,53,54)(H,55,56)/b36-27+,37-28+. The zero-order valence-corrected chi connectivity index (χ0v) is 32.2. The minimum atomic E-state index is -1.31. The minimum absolute atomic E-state index is 0.379. The molecule has 6 aromatic carbocycles. The number of benzene rings is 6. The van der Waals surface area contributed by atoms with Gasteiger partial charge < -0.3 is 29.5 Å². The molecule has 0 atom stereocenters. The van der Waals surface area contributed by atoms with Gasteiger partial charge in [0, 0.05) is 34.1 Å². The lowest BCUT2D eigenvalue weighted by Crippen LogP contribution is -2.11. The molecule has 0 aliphatic heterocycles. The van der Waals surface area contributed by atoms with Crippen LogP contribution in [0.4, 0.5) is 34.1 Å². The Morgan fingerprint density at radius 3 is 1.33 bits per heavy atom. The second kappa shape index (κ2) is 17.6. The predicted octanol–water partition coefficient (Wildman–Crippen LogP) is 10.9. The van der Waals surface area contributed by atoms with Crippen molar-refractivity contribution in [3.05, 3.63) is 167 Å². The van der Waals surface area contributed by atoms with Crippen LogP contribution in [0.15, 0.2) is 145 Å². The van der Waals surface area contributed by atoms with Gasteiger partial charge in [-0.3, -0.25) is 0 Å². The molecule has 286 valence electrons. The van der Waals surface area contributed by atoms with Gasteiger partial charge in [0.15, 0.2) is 0 Å². The Morgan fingerprint density at radius 1 is 0.534 bits per heavy atom. The quantitative estimate of drug-likeness (QED) is 0.0859. The predicted molar refractivity (Wildman–Crippen MR) is 226 cm³/mol. The lowest BCUT2D eigenvalue weighted by molar-refractivity contribution is -0.133. The first-order chi connectivity index (χ1) is 28.0. The number of aryl methyl sites for hydroxylation is 2. The molecule has 0 aliphatic carbocycles. The zero-order chi connectivity index (χ0) is 41.3. The smallest absolute Gasteiger partial charge is 0.346 e. The molecular formula is C48H38N4O6. The second-order valence-electron chi connectivity index (χ2n) is 13.2. The number of aliphatic carboxylic acids is 2. The summed E-state index contributed by atoms with van der Waals surface area (Å²) < 4.78 is 10.8. The van der Waals surface area contributed by atoms with Gasteiger partial charge in [0.25, 0.3) is 0 Å². The number of methoxy groups -OCH3 is 2. The SMILES string of the molecule is COc1ccc(N(c2ccc(OC)cc2)c2ccc(-c3ccc(N(c4ccc(/C=C(\C#N)C(=O)O)cc4)c4ccc(/C=C(\C#N)C(=O)O)cc4)c(C)c3)c(C)c2)cc1. The number of ether oxygens (including phenoxy) is 2. The fourth-order valence-corrected chi connectivity index (χ4v) is 6.58. The molecule has 0 aromatic heterocycles. The lowest BCUT2D eigenvalue weighted by Gasteiger charge is -2.28. The Morgan fingerprint density at radius 2 is 0.948 bits per heavy atom. The van der Waals surface area contributed by atoms with E-state index in [4.69, 9.17) is 9.47 Å². The number of nitriles is 2. The fourth-order valence-electron chi connectivity index (χ4n) is 6.58. The molecule has 0 bridgehead atoms. The van der Waals surface area contributed by atoms with Crippen molar-refractivity contribution in [3.63, 3.8) is 0 Å². The number of carboxylic acid groups (broad SMARTS) is 2. The fraction of sp³-hybridized carbons (Fsp3) is 0.0833. The van der Waals surface area contributed by atoms with Crippen molar-refractivity contribution in [2.24, 2.45) is 0 Å². The summed E-state index contributed by atoms with van der Waals surface area (Å²) in [6.45, 7) is 4.11. The number of carbonyl (C=O) groups is 2. The minimum Gasteiger partial charge on any atom is -0.497 e. The maximum absolute atomic E-state index is 11.5. The molecule has 0 spiro atoms. The van der Waals surface area contributed by atoms with Crippen LogP contribution in [-0.4, -0.2) is 36.4 Å². The molecule has 0 fully saturated rings. The van der Waals surface area contributed by atoms with E-state index in [-0.39, 0.29) is 11.1 Å². The number of carboxylic acids is 2. The molecule has 0 amide bonds. The Kier molecular flexibility index (Phi) is 12.0. The molecule has 6 rings (SSSR count). The molecule has 0 saturated heterocycles. The van der Waals surface area contributed by atoms with Crippen LogP contribution >= 0.6 is 0 Å². The van der Waals surface area contributed by atoms with E-state index >= 15 is 0 Å². The average molecular weight is 767 g/mol. The Bertz CT molecular complexity index is 2480. The van der Waals surface area contributed by atoms with Gasteiger partial charge in [-0.25, -0.2) is 9.59 Å². The van der Waals surface area contributed by atoms with E-state index in [2.05, 4.69) is 42.2 Å². The third kappa shape index (κ3) is 8.73. The summed E-state index contributed by atoms with van der Waals surface area (Å²) in [4.78, 5) is 27.1. The highest BCUT2D eigenvalue weighted by Crippen LogP contribution is 2.41. The van der Waals surface area contributed by atoms with E-state index in [9.17, 15) is 30.3 Å². The molecule has 10 heteroatoms. The van der Waals surface area contributed by atoms with Crippen LogP contribution in [0.3, 0.4) is 0 Å². The number of hydrogen-bond acceptors (Lipinski definition) is 8. The summed E-state index contributed by atoms with van der Waals surface area (Å²) in [5.41, 5.74) is 9.71. The first-order valence-electron chi connectivity index (χ1n) is 18.0. The van der Waals surface area contributed by atoms with E-state index in [1.807, 2.05) is 90.7 Å². The van der Waals surface area contributed by atoms with E-state index in [1.54, 1.807) is 50.6 Å².